The molecular formula is C25H33N5O4. The number of anilines is 1. The predicted octanol–water partition coefficient (Wildman–Crippen LogP) is 3.60. The molecule has 9 heteroatoms. The van der Waals surface area contributed by atoms with Gasteiger partial charge in [0.15, 0.2) is 0 Å². The summed E-state index contributed by atoms with van der Waals surface area (Å²) in [6.45, 7) is 10.5. The number of amides is 3. The molecule has 1 N–H and O–H groups in total. The van der Waals surface area contributed by atoms with Crippen LogP contribution in [0.1, 0.15) is 65.1 Å². The summed E-state index contributed by atoms with van der Waals surface area (Å²) in [5.41, 5.74) is 2.48. The maximum atomic E-state index is 13.5. The van der Waals surface area contributed by atoms with Crippen LogP contribution in [-0.4, -0.2) is 70.0 Å². The van der Waals surface area contributed by atoms with Crippen molar-refractivity contribution in [2.24, 2.45) is 0 Å². The van der Waals surface area contributed by atoms with E-state index >= 15 is 0 Å². The van der Waals surface area contributed by atoms with Crippen molar-refractivity contribution >= 4 is 23.6 Å². The zero-order valence-corrected chi connectivity index (χ0v) is 20.6. The molecule has 1 aliphatic rings. The normalized spacial score (nSPS) is 15.7. The standard InChI is InChI=1S/C25H33N5O4/c1-6-10-20-21(24(32)34-7-2)22(27-18(5)26-20)23(31)29-13-14-30(17(4)15-29)25(33)28-19-12-9-8-11-16(19)3/h8-9,11-12,17H,6-7,10,13-15H2,1-5H3,(H,28,33). The number of urea groups is 1. The number of rotatable bonds is 6. The molecule has 3 amide bonds. The maximum Gasteiger partial charge on any atom is 0.342 e. The summed E-state index contributed by atoms with van der Waals surface area (Å²) in [5.74, 6) is -0.501. The number of ether oxygens (including phenoxy) is 1. The third-order valence-electron chi connectivity index (χ3n) is 5.83. The number of carbonyl (C=O) groups excluding carboxylic acids is 3. The Morgan fingerprint density at radius 2 is 1.85 bits per heavy atom. The van der Waals surface area contributed by atoms with Crippen molar-refractivity contribution < 1.29 is 19.1 Å². The van der Waals surface area contributed by atoms with Gasteiger partial charge >= 0.3 is 12.0 Å². The Kier molecular flexibility index (Phi) is 8.20. The average molecular weight is 468 g/mol. The van der Waals surface area contributed by atoms with Crippen molar-refractivity contribution in [3.63, 3.8) is 0 Å². The molecule has 1 unspecified atom stereocenters. The Balaban J connectivity index is 1.79. The Bertz CT molecular complexity index is 1070. The number of carbonyl (C=O) groups is 3. The Morgan fingerprint density at radius 1 is 1.12 bits per heavy atom. The van der Waals surface area contributed by atoms with Crippen molar-refractivity contribution in [2.75, 3.05) is 31.6 Å². The van der Waals surface area contributed by atoms with Crippen molar-refractivity contribution in [1.82, 2.24) is 19.8 Å². The summed E-state index contributed by atoms with van der Waals surface area (Å²) in [4.78, 5) is 51.2. The number of hydrogen-bond acceptors (Lipinski definition) is 6. The number of nitrogens with zero attached hydrogens (tertiary/aromatic N) is 4. The number of esters is 1. The van der Waals surface area contributed by atoms with Gasteiger partial charge in [-0.1, -0.05) is 31.5 Å². The second kappa shape index (κ2) is 11.1. The summed E-state index contributed by atoms with van der Waals surface area (Å²) in [5, 5.41) is 2.95. The van der Waals surface area contributed by atoms with Crippen LogP contribution in [0.4, 0.5) is 10.5 Å². The van der Waals surface area contributed by atoms with Crippen LogP contribution in [0.3, 0.4) is 0 Å². The van der Waals surface area contributed by atoms with Gasteiger partial charge in [-0.15, -0.1) is 0 Å². The molecular weight excluding hydrogens is 434 g/mol. The SMILES string of the molecule is CCCc1nc(C)nc(C(=O)N2CCN(C(=O)Nc3ccccc3C)C(C)C2)c1C(=O)OCC. The quantitative estimate of drug-likeness (QED) is 0.651. The highest BCUT2D eigenvalue weighted by Crippen LogP contribution is 2.21. The number of nitrogens with one attached hydrogen (secondary N) is 1. The monoisotopic (exact) mass is 467 g/mol. The first-order valence-electron chi connectivity index (χ1n) is 11.7. The summed E-state index contributed by atoms with van der Waals surface area (Å²) in [7, 11) is 0. The smallest absolute Gasteiger partial charge is 0.342 e. The highest BCUT2D eigenvalue weighted by atomic mass is 16.5. The molecule has 0 bridgehead atoms. The van der Waals surface area contributed by atoms with Gasteiger partial charge in [0, 0.05) is 31.4 Å². The topological polar surface area (TPSA) is 105 Å². The molecule has 9 nitrogen and oxygen atoms in total. The van der Waals surface area contributed by atoms with Crippen LogP contribution in [0, 0.1) is 13.8 Å². The van der Waals surface area contributed by atoms with Crippen LogP contribution in [-0.2, 0) is 11.2 Å². The zero-order valence-electron chi connectivity index (χ0n) is 20.6. The number of aryl methyl sites for hydroxylation is 3. The lowest BCUT2D eigenvalue weighted by atomic mass is 10.1. The fourth-order valence-corrected chi connectivity index (χ4v) is 4.11. The van der Waals surface area contributed by atoms with Gasteiger partial charge in [-0.25, -0.2) is 19.6 Å². The van der Waals surface area contributed by atoms with Crippen molar-refractivity contribution in [1.29, 1.82) is 0 Å². The van der Waals surface area contributed by atoms with Gasteiger partial charge in [0.2, 0.25) is 0 Å². The maximum absolute atomic E-state index is 13.5. The first-order chi connectivity index (χ1) is 16.3. The molecule has 1 fully saturated rings. The van der Waals surface area contributed by atoms with Crippen molar-refractivity contribution in [3.05, 3.63) is 52.6 Å². The van der Waals surface area contributed by atoms with Crippen LogP contribution in [0.2, 0.25) is 0 Å². The van der Waals surface area contributed by atoms with Crippen LogP contribution in [0.5, 0.6) is 0 Å². The van der Waals surface area contributed by atoms with E-state index in [4.69, 9.17) is 4.74 Å². The Hall–Kier alpha value is -3.49. The van der Waals surface area contributed by atoms with E-state index in [0.29, 0.717) is 37.6 Å². The van der Waals surface area contributed by atoms with Gasteiger partial charge in [0.05, 0.1) is 12.3 Å². The largest absolute Gasteiger partial charge is 0.462 e. The molecule has 0 radical (unpaired) electrons. The number of piperazine rings is 1. The molecule has 1 atom stereocenters. The van der Waals surface area contributed by atoms with Crippen molar-refractivity contribution in [3.8, 4) is 0 Å². The predicted molar refractivity (Wildman–Crippen MR) is 129 cm³/mol. The molecule has 1 aromatic carbocycles. The molecule has 3 rings (SSSR count). The van der Waals surface area contributed by atoms with Crippen molar-refractivity contribution in [2.45, 2.75) is 53.5 Å². The summed E-state index contributed by atoms with van der Waals surface area (Å²) < 4.78 is 5.22. The minimum atomic E-state index is -0.585. The lowest BCUT2D eigenvalue weighted by Crippen LogP contribution is -2.56. The fraction of sp³-hybridized carbons (Fsp3) is 0.480. The Morgan fingerprint density at radius 3 is 2.50 bits per heavy atom. The average Bonchev–Trinajstić information content (AvgIpc) is 2.79. The number of hydrogen-bond donors (Lipinski definition) is 1. The van der Waals surface area contributed by atoms with E-state index in [0.717, 1.165) is 17.7 Å². The van der Waals surface area contributed by atoms with E-state index in [-0.39, 0.29) is 35.8 Å². The van der Waals surface area contributed by atoms with E-state index in [1.807, 2.05) is 45.0 Å². The van der Waals surface area contributed by atoms with E-state index in [1.54, 1.807) is 23.6 Å². The molecule has 1 saturated heterocycles. The van der Waals surface area contributed by atoms with E-state index in [2.05, 4.69) is 15.3 Å². The van der Waals surface area contributed by atoms with Gasteiger partial charge in [0.1, 0.15) is 17.1 Å². The highest BCUT2D eigenvalue weighted by Gasteiger charge is 2.34. The second-order valence-corrected chi connectivity index (χ2v) is 8.45. The molecule has 1 aliphatic heterocycles. The number of benzene rings is 1. The third kappa shape index (κ3) is 5.52. The molecule has 0 aliphatic carbocycles. The molecule has 0 spiro atoms. The molecule has 182 valence electrons. The summed E-state index contributed by atoms with van der Waals surface area (Å²) in [6.07, 6.45) is 1.31. The van der Waals surface area contributed by atoms with E-state index < -0.39 is 5.97 Å². The highest BCUT2D eigenvalue weighted by molar-refractivity contribution is 6.04. The van der Waals surface area contributed by atoms with Crippen LogP contribution >= 0.6 is 0 Å². The zero-order chi connectivity index (χ0) is 24.8. The molecule has 1 aromatic heterocycles. The minimum Gasteiger partial charge on any atom is -0.462 e. The fourth-order valence-electron chi connectivity index (χ4n) is 4.11. The molecule has 2 aromatic rings. The van der Waals surface area contributed by atoms with E-state index in [1.165, 1.54) is 0 Å². The minimum absolute atomic E-state index is 0.0689. The lowest BCUT2D eigenvalue weighted by Gasteiger charge is -2.39. The second-order valence-electron chi connectivity index (χ2n) is 8.45. The number of para-hydroxylation sites is 1. The first-order valence-corrected chi connectivity index (χ1v) is 11.7. The summed E-state index contributed by atoms with van der Waals surface area (Å²) >= 11 is 0. The number of aromatic nitrogens is 2. The van der Waals surface area contributed by atoms with Crippen LogP contribution < -0.4 is 5.32 Å². The Labute approximate surface area is 200 Å². The van der Waals surface area contributed by atoms with Gasteiger partial charge in [-0.05, 0) is 45.7 Å². The lowest BCUT2D eigenvalue weighted by molar-refractivity contribution is 0.0502. The van der Waals surface area contributed by atoms with E-state index in [9.17, 15) is 14.4 Å². The molecule has 0 saturated carbocycles. The van der Waals surface area contributed by atoms with Crippen LogP contribution in [0.25, 0.3) is 0 Å². The van der Waals surface area contributed by atoms with Crippen LogP contribution in [0.15, 0.2) is 24.3 Å². The van der Waals surface area contributed by atoms with Gasteiger partial charge in [-0.2, -0.15) is 0 Å². The van der Waals surface area contributed by atoms with Gasteiger partial charge in [0.25, 0.3) is 5.91 Å². The summed E-state index contributed by atoms with van der Waals surface area (Å²) in [6, 6.07) is 7.17. The first kappa shape index (κ1) is 25.1. The third-order valence-corrected chi connectivity index (χ3v) is 5.83. The molecule has 2 heterocycles. The molecule has 34 heavy (non-hydrogen) atoms. The van der Waals surface area contributed by atoms with Gasteiger partial charge in [-0.3, -0.25) is 4.79 Å². The van der Waals surface area contributed by atoms with Gasteiger partial charge < -0.3 is 19.9 Å².